The van der Waals surface area contributed by atoms with E-state index in [1.54, 1.807) is 19.2 Å². The molecule has 1 aromatic heterocycles. The summed E-state index contributed by atoms with van der Waals surface area (Å²) in [5, 5.41) is 0. The fraction of sp³-hybridized carbons (Fsp3) is 0.524. The van der Waals surface area contributed by atoms with Crippen molar-refractivity contribution in [2.75, 3.05) is 7.11 Å². The van der Waals surface area contributed by atoms with Crippen molar-refractivity contribution in [2.24, 2.45) is 5.92 Å². The first-order valence-electron chi connectivity index (χ1n) is 9.32. The van der Waals surface area contributed by atoms with Gasteiger partial charge in [0.05, 0.1) is 6.61 Å². The Balaban J connectivity index is 1.77. The van der Waals surface area contributed by atoms with Crippen LogP contribution in [0.3, 0.4) is 0 Å². The molecule has 1 aromatic carbocycles. The molecule has 0 unspecified atom stereocenters. The number of nitrogens with zero attached hydrogens (tertiary/aromatic N) is 2. The number of aromatic nitrogens is 2. The van der Waals surface area contributed by atoms with Gasteiger partial charge in [-0.15, -0.1) is 0 Å². The molecule has 0 spiro atoms. The predicted molar refractivity (Wildman–Crippen MR) is 97.7 cm³/mol. The Bertz CT molecular complexity index is 696. The van der Waals surface area contributed by atoms with Crippen LogP contribution in [0.15, 0.2) is 30.5 Å². The van der Waals surface area contributed by atoms with Gasteiger partial charge < -0.3 is 4.74 Å². The third-order valence-corrected chi connectivity index (χ3v) is 5.24. The van der Waals surface area contributed by atoms with Crippen molar-refractivity contribution in [3.63, 3.8) is 0 Å². The summed E-state index contributed by atoms with van der Waals surface area (Å²) in [6.07, 6.45) is 9.47. The van der Waals surface area contributed by atoms with Gasteiger partial charge in [0, 0.05) is 36.0 Å². The van der Waals surface area contributed by atoms with Crippen LogP contribution in [0.5, 0.6) is 0 Å². The molecule has 3 rings (SSSR count). The van der Waals surface area contributed by atoms with Gasteiger partial charge in [-0.1, -0.05) is 19.8 Å². The summed E-state index contributed by atoms with van der Waals surface area (Å²) in [6.45, 7) is 2.52. The summed E-state index contributed by atoms with van der Waals surface area (Å²) in [7, 11) is 1.57. The standard InChI is InChI=1S/C21H27FN2O/c1-3-4-15-5-7-16(8-6-15)20-11-12-23-21(24-20)17-9-10-19(22)18(13-17)14-25-2/h9-13,15-16H,3-8,14H2,1-2H3. The maximum absolute atomic E-state index is 13.8. The topological polar surface area (TPSA) is 35.0 Å². The Labute approximate surface area is 149 Å². The van der Waals surface area contributed by atoms with Crippen LogP contribution < -0.4 is 0 Å². The summed E-state index contributed by atoms with van der Waals surface area (Å²) in [6, 6.07) is 7.03. The van der Waals surface area contributed by atoms with E-state index in [1.807, 2.05) is 12.3 Å². The Morgan fingerprint density at radius 2 is 1.96 bits per heavy atom. The highest BCUT2D eigenvalue weighted by atomic mass is 19.1. The minimum atomic E-state index is -0.254. The SMILES string of the molecule is CCCC1CCC(c2ccnc(-c3ccc(F)c(COC)c3)n2)CC1. The van der Waals surface area contributed by atoms with E-state index in [4.69, 9.17) is 9.72 Å². The second-order valence-electron chi connectivity index (χ2n) is 7.05. The number of benzene rings is 1. The molecule has 2 aromatic rings. The molecular weight excluding hydrogens is 315 g/mol. The fourth-order valence-corrected chi connectivity index (χ4v) is 3.87. The molecule has 0 bridgehead atoms. The number of methoxy groups -OCH3 is 1. The largest absolute Gasteiger partial charge is 0.380 e. The number of hydrogen-bond donors (Lipinski definition) is 0. The van der Waals surface area contributed by atoms with Crippen molar-refractivity contribution in [3.8, 4) is 11.4 Å². The Morgan fingerprint density at radius 1 is 1.16 bits per heavy atom. The van der Waals surface area contributed by atoms with E-state index in [9.17, 15) is 4.39 Å². The van der Waals surface area contributed by atoms with E-state index >= 15 is 0 Å². The van der Waals surface area contributed by atoms with Crippen molar-refractivity contribution >= 4 is 0 Å². The zero-order chi connectivity index (χ0) is 17.6. The molecule has 25 heavy (non-hydrogen) atoms. The predicted octanol–water partition coefficient (Wildman–Crippen LogP) is 5.50. The van der Waals surface area contributed by atoms with Crippen LogP contribution in [-0.4, -0.2) is 17.1 Å². The van der Waals surface area contributed by atoms with Crippen molar-refractivity contribution in [1.82, 2.24) is 9.97 Å². The quantitative estimate of drug-likeness (QED) is 0.695. The summed E-state index contributed by atoms with van der Waals surface area (Å²) in [4.78, 5) is 9.20. The van der Waals surface area contributed by atoms with E-state index in [-0.39, 0.29) is 12.4 Å². The average Bonchev–Trinajstić information content (AvgIpc) is 2.65. The van der Waals surface area contributed by atoms with E-state index in [0.29, 0.717) is 17.3 Å². The van der Waals surface area contributed by atoms with Gasteiger partial charge in [0.1, 0.15) is 5.82 Å². The van der Waals surface area contributed by atoms with Crippen LogP contribution in [0, 0.1) is 11.7 Å². The molecule has 3 nitrogen and oxygen atoms in total. The molecule has 1 heterocycles. The lowest BCUT2D eigenvalue weighted by molar-refractivity contribution is 0.181. The summed E-state index contributed by atoms with van der Waals surface area (Å²) in [5.41, 5.74) is 2.50. The molecule has 0 aliphatic heterocycles. The molecule has 1 aliphatic rings. The Hall–Kier alpha value is -1.81. The van der Waals surface area contributed by atoms with Crippen molar-refractivity contribution in [2.45, 2.75) is 58.0 Å². The maximum atomic E-state index is 13.8. The van der Waals surface area contributed by atoms with E-state index < -0.39 is 0 Å². The lowest BCUT2D eigenvalue weighted by Gasteiger charge is -2.28. The van der Waals surface area contributed by atoms with Crippen LogP contribution >= 0.6 is 0 Å². The van der Waals surface area contributed by atoms with E-state index in [1.165, 1.54) is 44.6 Å². The molecule has 0 N–H and O–H groups in total. The molecule has 0 amide bonds. The van der Waals surface area contributed by atoms with Gasteiger partial charge in [0.25, 0.3) is 0 Å². The first-order valence-corrected chi connectivity index (χ1v) is 9.32. The second-order valence-corrected chi connectivity index (χ2v) is 7.05. The second kappa shape index (κ2) is 8.52. The highest BCUT2D eigenvalue weighted by molar-refractivity contribution is 5.56. The van der Waals surface area contributed by atoms with Gasteiger partial charge >= 0.3 is 0 Å². The molecule has 0 atom stereocenters. The highest BCUT2D eigenvalue weighted by Crippen LogP contribution is 2.37. The van der Waals surface area contributed by atoms with Crippen molar-refractivity contribution in [3.05, 3.63) is 47.5 Å². The van der Waals surface area contributed by atoms with Crippen LogP contribution in [0.25, 0.3) is 11.4 Å². The van der Waals surface area contributed by atoms with Crippen LogP contribution in [0.2, 0.25) is 0 Å². The normalized spacial score (nSPS) is 20.6. The lowest BCUT2D eigenvalue weighted by Crippen LogP contribution is -2.14. The Kier molecular flexibility index (Phi) is 6.14. The van der Waals surface area contributed by atoms with Crippen molar-refractivity contribution in [1.29, 1.82) is 0 Å². The van der Waals surface area contributed by atoms with Crippen LogP contribution in [0.4, 0.5) is 4.39 Å². The molecule has 0 saturated heterocycles. The third kappa shape index (κ3) is 4.43. The molecule has 1 aliphatic carbocycles. The Morgan fingerprint density at radius 3 is 2.68 bits per heavy atom. The molecular formula is C21H27FN2O. The zero-order valence-electron chi connectivity index (χ0n) is 15.2. The molecule has 1 saturated carbocycles. The minimum Gasteiger partial charge on any atom is -0.380 e. The fourth-order valence-electron chi connectivity index (χ4n) is 3.87. The zero-order valence-corrected chi connectivity index (χ0v) is 15.2. The van der Waals surface area contributed by atoms with Gasteiger partial charge in [0.2, 0.25) is 0 Å². The van der Waals surface area contributed by atoms with Gasteiger partial charge in [-0.25, -0.2) is 14.4 Å². The minimum absolute atomic E-state index is 0.251. The summed E-state index contributed by atoms with van der Waals surface area (Å²) >= 11 is 0. The summed E-state index contributed by atoms with van der Waals surface area (Å²) in [5.74, 6) is 1.83. The molecule has 134 valence electrons. The van der Waals surface area contributed by atoms with Gasteiger partial charge in [0.15, 0.2) is 5.82 Å². The number of hydrogen-bond acceptors (Lipinski definition) is 3. The van der Waals surface area contributed by atoms with Crippen molar-refractivity contribution < 1.29 is 9.13 Å². The van der Waals surface area contributed by atoms with Gasteiger partial charge in [-0.05, 0) is 55.9 Å². The van der Waals surface area contributed by atoms with Crippen LogP contribution in [-0.2, 0) is 11.3 Å². The smallest absolute Gasteiger partial charge is 0.159 e. The third-order valence-electron chi connectivity index (χ3n) is 5.24. The maximum Gasteiger partial charge on any atom is 0.159 e. The number of halogens is 1. The first-order chi connectivity index (χ1) is 12.2. The van der Waals surface area contributed by atoms with Gasteiger partial charge in [-0.3, -0.25) is 0 Å². The molecule has 4 heteroatoms. The van der Waals surface area contributed by atoms with E-state index in [0.717, 1.165) is 17.2 Å². The monoisotopic (exact) mass is 342 g/mol. The summed E-state index contributed by atoms with van der Waals surface area (Å²) < 4.78 is 18.9. The number of rotatable bonds is 6. The lowest BCUT2D eigenvalue weighted by atomic mass is 9.79. The molecule has 1 fully saturated rings. The van der Waals surface area contributed by atoms with Gasteiger partial charge in [-0.2, -0.15) is 0 Å². The van der Waals surface area contributed by atoms with Crippen LogP contribution in [0.1, 0.15) is 62.6 Å². The molecule has 0 radical (unpaired) electrons. The first kappa shape index (κ1) is 18.0. The average molecular weight is 342 g/mol. The number of ether oxygens (including phenoxy) is 1. The van der Waals surface area contributed by atoms with E-state index in [2.05, 4.69) is 11.9 Å². The highest BCUT2D eigenvalue weighted by Gasteiger charge is 2.23.